The maximum absolute atomic E-state index is 11.4. The SMILES string of the molecule is Cc1c[nH]c(=O)n1-c1cccc(O)c1. The predicted octanol–water partition coefficient (Wildman–Crippen LogP) is 1.18. The fourth-order valence-electron chi connectivity index (χ4n) is 1.41. The summed E-state index contributed by atoms with van der Waals surface area (Å²) in [5.41, 5.74) is 1.27. The third kappa shape index (κ3) is 1.31. The van der Waals surface area contributed by atoms with Gasteiger partial charge in [0.15, 0.2) is 0 Å². The van der Waals surface area contributed by atoms with Crippen LogP contribution in [-0.2, 0) is 0 Å². The Bertz CT molecular complexity index is 511. The van der Waals surface area contributed by atoms with Crippen molar-refractivity contribution < 1.29 is 5.11 Å². The summed E-state index contributed by atoms with van der Waals surface area (Å²) in [5.74, 6) is 0.148. The van der Waals surface area contributed by atoms with Gasteiger partial charge < -0.3 is 10.1 Å². The lowest BCUT2D eigenvalue weighted by Gasteiger charge is -2.03. The van der Waals surface area contributed by atoms with Gasteiger partial charge in [-0.05, 0) is 19.1 Å². The van der Waals surface area contributed by atoms with Crippen molar-refractivity contribution in [2.45, 2.75) is 6.92 Å². The molecule has 2 N–H and O–H groups in total. The molecule has 0 radical (unpaired) electrons. The number of phenolic OH excluding ortho intramolecular Hbond substituents is 1. The first kappa shape index (κ1) is 8.62. The van der Waals surface area contributed by atoms with Crippen molar-refractivity contribution in [1.82, 2.24) is 9.55 Å². The number of aromatic hydroxyl groups is 1. The molecule has 4 nitrogen and oxygen atoms in total. The molecule has 0 aliphatic rings. The van der Waals surface area contributed by atoms with Gasteiger partial charge in [0.1, 0.15) is 5.75 Å². The lowest BCUT2D eigenvalue weighted by atomic mass is 10.3. The first-order valence-corrected chi connectivity index (χ1v) is 4.25. The summed E-state index contributed by atoms with van der Waals surface area (Å²) < 4.78 is 1.50. The van der Waals surface area contributed by atoms with Crippen molar-refractivity contribution in [3.63, 3.8) is 0 Å². The highest BCUT2D eigenvalue weighted by atomic mass is 16.3. The van der Waals surface area contributed by atoms with E-state index in [1.54, 1.807) is 30.5 Å². The molecular formula is C10H10N2O2. The van der Waals surface area contributed by atoms with E-state index in [0.717, 1.165) is 5.69 Å². The van der Waals surface area contributed by atoms with Crippen molar-refractivity contribution in [3.05, 3.63) is 46.6 Å². The monoisotopic (exact) mass is 190 g/mol. The van der Waals surface area contributed by atoms with Gasteiger partial charge in [-0.15, -0.1) is 0 Å². The summed E-state index contributed by atoms with van der Waals surface area (Å²) >= 11 is 0. The number of phenols is 1. The quantitative estimate of drug-likeness (QED) is 0.709. The third-order valence-corrected chi connectivity index (χ3v) is 2.05. The number of aromatic amines is 1. The van der Waals surface area contributed by atoms with Crippen LogP contribution in [-0.4, -0.2) is 14.7 Å². The van der Waals surface area contributed by atoms with Crippen molar-refractivity contribution in [3.8, 4) is 11.4 Å². The van der Waals surface area contributed by atoms with Gasteiger partial charge in [0, 0.05) is 18.0 Å². The van der Waals surface area contributed by atoms with E-state index in [-0.39, 0.29) is 11.4 Å². The molecule has 0 aliphatic heterocycles. The Morgan fingerprint density at radius 1 is 1.43 bits per heavy atom. The molecule has 1 heterocycles. The molecule has 1 aromatic carbocycles. The summed E-state index contributed by atoms with van der Waals surface area (Å²) in [7, 11) is 0. The van der Waals surface area contributed by atoms with Gasteiger partial charge in [0.05, 0.1) is 5.69 Å². The Kier molecular flexibility index (Phi) is 1.89. The van der Waals surface area contributed by atoms with E-state index < -0.39 is 0 Å². The van der Waals surface area contributed by atoms with Crippen LogP contribution in [0.5, 0.6) is 5.75 Å². The van der Waals surface area contributed by atoms with Gasteiger partial charge in [-0.25, -0.2) is 4.79 Å². The Labute approximate surface area is 80.4 Å². The van der Waals surface area contributed by atoms with Crippen molar-refractivity contribution >= 4 is 0 Å². The Morgan fingerprint density at radius 2 is 2.21 bits per heavy atom. The number of hydrogen-bond acceptors (Lipinski definition) is 2. The zero-order chi connectivity index (χ0) is 10.1. The van der Waals surface area contributed by atoms with Gasteiger partial charge in [0.25, 0.3) is 0 Å². The summed E-state index contributed by atoms with van der Waals surface area (Å²) in [5, 5.41) is 9.27. The number of rotatable bonds is 1. The second-order valence-corrected chi connectivity index (χ2v) is 3.09. The lowest BCUT2D eigenvalue weighted by Crippen LogP contribution is -2.15. The Hall–Kier alpha value is -1.97. The maximum atomic E-state index is 11.4. The molecule has 0 spiro atoms. The van der Waals surface area contributed by atoms with Crippen LogP contribution in [0.15, 0.2) is 35.3 Å². The molecule has 0 atom stereocenters. The first-order valence-electron chi connectivity index (χ1n) is 4.25. The highest BCUT2D eigenvalue weighted by molar-refractivity contribution is 5.39. The number of benzene rings is 1. The topological polar surface area (TPSA) is 58.0 Å². The number of H-pyrrole nitrogens is 1. The summed E-state index contributed by atoms with van der Waals surface area (Å²) in [6.07, 6.45) is 1.63. The van der Waals surface area contributed by atoms with Crippen LogP contribution in [0.4, 0.5) is 0 Å². The Morgan fingerprint density at radius 3 is 2.79 bits per heavy atom. The van der Waals surface area contributed by atoms with Crippen molar-refractivity contribution in [2.75, 3.05) is 0 Å². The van der Waals surface area contributed by atoms with E-state index >= 15 is 0 Å². The fraction of sp³-hybridized carbons (Fsp3) is 0.100. The normalized spacial score (nSPS) is 10.4. The van der Waals surface area contributed by atoms with Gasteiger partial charge in [0.2, 0.25) is 0 Å². The van der Waals surface area contributed by atoms with Crippen LogP contribution >= 0.6 is 0 Å². The van der Waals surface area contributed by atoms with E-state index in [0.29, 0.717) is 5.69 Å². The molecule has 2 aromatic rings. The minimum Gasteiger partial charge on any atom is -0.508 e. The van der Waals surface area contributed by atoms with E-state index in [9.17, 15) is 9.90 Å². The predicted molar refractivity (Wildman–Crippen MR) is 52.8 cm³/mol. The molecule has 0 saturated heterocycles. The van der Waals surface area contributed by atoms with Crippen molar-refractivity contribution in [1.29, 1.82) is 0 Å². The number of nitrogens with one attached hydrogen (secondary N) is 1. The van der Waals surface area contributed by atoms with Crippen LogP contribution < -0.4 is 5.69 Å². The number of aryl methyl sites for hydroxylation is 1. The molecule has 0 bridgehead atoms. The van der Waals surface area contributed by atoms with Crippen LogP contribution in [0.1, 0.15) is 5.69 Å². The smallest absolute Gasteiger partial charge is 0.330 e. The molecule has 4 heteroatoms. The van der Waals surface area contributed by atoms with Crippen LogP contribution in [0.3, 0.4) is 0 Å². The largest absolute Gasteiger partial charge is 0.508 e. The van der Waals surface area contributed by atoms with Crippen LogP contribution in [0.2, 0.25) is 0 Å². The molecular weight excluding hydrogens is 180 g/mol. The van der Waals surface area contributed by atoms with Crippen molar-refractivity contribution in [2.24, 2.45) is 0 Å². The number of nitrogens with zero attached hydrogens (tertiary/aromatic N) is 1. The summed E-state index contributed by atoms with van der Waals surface area (Å²) in [6, 6.07) is 6.57. The number of hydrogen-bond donors (Lipinski definition) is 2. The molecule has 14 heavy (non-hydrogen) atoms. The molecule has 0 amide bonds. The molecule has 2 rings (SSSR count). The molecule has 72 valence electrons. The van der Waals surface area contributed by atoms with Gasteiger partial charge >= 0.3 is 5.69 Å². The number of aromatic nitrogens is 2. The standard InChI is InChI=1S/C10H10N2O2/c1-7-6-11-10(14)12(7)8-3-2-4-9(13)5-8/h2-6,13H,1H3,(H,11,14). The zero-order valence-electron chi connectivity index (χ0n) is 7.69. The first-order chi connectivity index (χ1) is 6.68. The Balaban J connectivity index is 2.66. The van der Waals surface area contributed by atoms with Crippen LogP contribution in [0.25, 0.3) is 5.69 Å². The minimum absolute atomic E-state index is 0.148. The van der Waals surface area contributed by atoms with E-state index in [2.05, 4.69) is 4.98 Å². The minimum atomic E-state index is -0.201. The van der Waals surface area contributed by atoms with Gasteiger partial charge in [-0.3, -0.25) is 4.57 Å². The summed E-state index contributed by atoms with van der Waals surface area (Å²) in [6.45, 7) is 1.82. The lowest BCUT2D eigenvalue weighted by molar-refractivity contribution is 0.475. The molecule has 0 fully saturated rings. The van der Waals surface area contributed by atoms with Crippen LogP contribution in [0, 0.1) is 6.92 Å². The second kappa shape index (κ2) is 3.06. The number of imidazole rings is 1. The molecule has 0 aliphatic carbocycles. The molecule has 0 saturated carbocycles. The molecule has 0 unspecified atom stereocenters. The molecule has 1 aromatic heterocycles. The highest BCUT2D eigenvalue weighted by Crippen LogP contribution is 2.14. The van der Waals surface area contributed by atoms with E-state index in [4.69, 9.17) is 0 Å². The second-order valence-electron chi connectivity index (χ2n) is 3.09. The highest BCUT2D eigenvalue weighted by Gasteiger charge is 2.04. The average Bonchev–Trinajstić information content (AvgIpc) is 2.46. The van der Waals surface area contributed by atoms with E-state index in [1.807, 2.05) is 6.92 Å². The summed E-state index contributed by atoms with van der Waals surface area (Å²) in [4.78, 5) is 14.0. The maximum Gasteiger partial charge on any atom is 0.330 e. The zero-order valence-corrected chi connectivity index (χ0v) is 7.69. The van der Waals surface area contributed by atoms with Gasteiger partial charge in [-0.1, -0.05) is 6.07 Å². The third-order valence-electron chi connectivity index (χ3n) is 2.05. The van der Waals surface area contributed by atoms with Gasteiger partial charge in [-0.2, -0.15) is 0 Å². The fourth-order valence-corrected chi connectivity index (χ4v) is 1.41. The average molecular weight is 190 g/mol. The van der Waals surface area contributed by atoms with E-state index in [1.165, 1.54) is 4.57 Å².